The average molecular weight is 263 g/mol. The number of anilines is 1. The first-order chi connectivity index (χ1) is 9.28. The number of benzene rings is 1. The van der Waals surface area contributed by atoms with Crippen LogP contribution in [0.2, 0.25) is 0 Å². The molecule has 2 rings (SSSR count). The molecule has 4 heteroatoms. The zero-order chi connectivity index (χ0) is 13.5. The zero-order valence-corrected chi connectivity index (χ0v) is 11.6. The molecule has 0 unspecified atom stereocenters. The third-order valence-corrected chi connectivity index (χ3v) is 3.80. The molecule has 0 radical (unpaired) electrons. The lowest BCUT2D eigenvalue weighted by Gasteiger charge is -2.34. The topological polar surface area (TPSA) is 52.7 Å². The van der Waals surface area contributed by atoms with Crippen LogP contribution in [0.15, 0.2) is 24.3 Å². The van der Waals surface area contributed by atoms with Gasteiger partial charge in [0, 0.05) is 38.4 Å². The first-order valence-corrected chi connectivity index (χ1v) is 7.18. The molecule has 3 N–H and O–H groups in total. The summed E-state index contributed by atoms with van der Waals surface area (Å²) in [6.07, 6.45) is 2.32. The lowest BCUT2D eigenvalue weighted by molar-refractivity contribution is 0.112. The van der Waals surface area contributed by atoms with Crippen molar-refractivity contribution >= 4 is 5.69 Å². The molecule has 1 heterocycles. The predicted octanol–water partition coefficient (Wildman–Crippen LogP) is 0.811. The Morgan fingerprint density at radius 3 is 2.11 bits per heavy atom. The minimum atomic E-state index is 0.275. The van der Waals surface area contributed by atoms with Crippen molar-refractivity contribution in [1.29, 1.82) is 0 Å². The van der Waals surface area contributed by atoms with Crippen molar-refractivity contribution in [2.75, 3.05) is 51.6 Å². The van der Waals surface area contributed by atoms with E-state index in [9.17, 15) is 0 Å². The van der Waals surface area contributed by atoms with Crippen molar-refractivity contribution in [1.82, 2.24) is 9.80 Å². The van der Waals surface area contributed by atoms with Crippen LogP contribution in [0.1, 0.15) is 12.0 Å². The maximum atomic E-state index is 8.91. The number of piperazine rings is 1. The molecule has 0 saturated carbocycles. The van der Waals surface area contributed by atoms with Gasteiger partial charge in [-0.3, -0.25) is 4.90 Å². The van der Waals surface area contributed by atoms with E-state index in [0.29, 0.717) is 0 Å². The molecule has 1 aromatic rings. The molecular weight excluding hydrogens is 238 g/mol. The summed E-state index contributed by atoms with van der Waals surface area (Å²) in [7, 11) is 0. The fraction of sp³-hybridized carbons (Fsp3) is 0.600. The van der Waals surface area contributed by atoms with Gasteiger partial charge in [0.05, 0.1) is 6.61 Å². The number of nitrogens with zero attached hydrogens (tertiary/aromatic N) is 2. The maximum absolute atomic E-state index is 8.91. The summed E-state index contributed by atoms with van der Waals surface area (Å²) in [5.41, 5.74) is 7.88. The quantitative estimate of drug-likeness (QED) is 0.746. The molecule has 0 bridgehead atoms. The fourth-order valence-corrected chi connectivity index (χ4v) is 2.57. The molecule has 0 aromatic heterocycles. The molecule has 0 amide bonds. The van der Waals surface area contributed by atoms with Crippen LogP contribution in [-0.2, 0) is 6.42 Å². The number of rotatable bonds is 6. The van der Waals surface area contributed by atoms with Crippen LogP contribution >= 0.6 is 0 Å². The van der Waals surface area contributed by atoms with Crippen molar-refractivity contribution in [2.24, 2.45) is 0 Å². The van der Waals surface area contributed by atoms with Crippen molar-refractivity contribution in [3.05, 3.63) is 29.8 Å². The first-order valence-electron chi connectivity index (χ1n) is 7.18. The second-order valence-corrected chi connectivity index (χ2v) is 5.25. The minimum absolute atomic E-state index is 0.275. The summed E-state index contributed by atoms with van der Waals surface area (Å²) >= 11 is 0. The van der Waals surface area contributed by atoms with Crippen LogP contribution in [0.5, 0.6) is 0 Å². The molecule has 4 nitrogen and oxygen atoms in total. The molecule has 1 fully saturated rings. The molecule has 0 spiro atoms. The van der Waals surface area contributed by atoms with E-state index >= 15 is 0 Å². The lowest BCUT2D eigenvalue weighted by atomic mass is 10.1. The van der Waals surface area contributed by atoms with E-state index in [1.807, 2.05) is 12.1 Å². The second-order valence-electron chi connectivity index (χ2n) is 5.25. The summed E-state index contributed by atoms with van der Waals surface area (Å²) in [6.45, 7) is 6.68. The van der Waals surface area contributed by atoms with Gasteiger partial charge >= 0.3 is 0 Å². The van der Waals surface area contributed by atoms with Crippen LogP contribution in [0, 0.1) is 0 Å². The number of β-amino-alcohol motifs (C(OH)–C–C–N with tert-alkyl or cyclic N) is 1. The number of hydrogen-bond acceptors (Lipinski definition) is 4. The third-order valence-electron chi connectivity index (χ3n) is 3.80. The van der Waals surface area contributed by atoms with E-state index in [1.165, 1.54) is 12.0 Å². The number of hydrogen-bond donors (Lipinski definition) is 2. The number of aliphatic hydroxyl groups is 1. The number of nitrogen functional groups attached to an aromatic ring is 1. The van der Waals surface area contributed by atoms with Crippen LogP contribution in [0.25, 0.3) is 0 Å². The molecule has 0 aliphatic carbocycles. The second kappa shape index (κ2) is 7.48. The highest BCUT2D eigenvalue weighted by Gasteiger charge is 2.15. The van der Waals surface area contributed by atoms with Gasteiger partial charge in [-0.25, -0.2) is 0 Å². The van der Waals surface area contributed by atoms with Gasteiger partial charge in [0.2, 0.25) is 0 Å². The first kappa shape index (κ1) is 14.3. The lowest BCUT2D eigenvalue weighted by Crippen LogP contribution is -2.47. The normalized spacial score (nSPS) is 17.7. The Bertz CT molecular complexity index is 358. The van der Waals surface area contributed by atoms with Crippen LogP contribution in [0.4, 0.5) is 5.69 Å². The SMILES string of the molecule is Nc1ccc(CCCN2CCN(CCO)CC2)cc1. The molecule has 0 atom stereocenters. The summed E-state index contributed by atoms with van der Waals surface area (Å²) in [4.78, 5) is 4.85. The van der Waals surface area contributed by atoms with E-state index in [0.717, 1.165) is 51.4 Å². The van der Waals surface area contributed by atoms with Gasteiger partial charge in [-0.1, -0.05) is 12.1 Å². The summed E-state index contributed by atoms with van der Waals surface area (Å²) in [5, 5.41) is 8.91. The van der Waals surface area contributed by atoms with E-state index < -0.39 is 0 Å². The van der Waals surface area contributed by atoms with Gasteiger partial charge in [0.1, 0.15) is 0 Å². The Kier molecular flexibility index (Phi) is 5.63. The molecule has 1 aliphatic rings. The van der Waals surface area contributed by atoms with Gasteiger partial charge in [-0.2, -0.15) is 0 Å². The average Bonchev–Trinajstić information content (AvgIpc) is 2.43. The molecular formula is C15H25N3O. The standard InChI is InChI=1S/C15H25N3O/c16-15-5-3-14(4-6-15)2-1-7-17-8-10-18(11-9-17)12-13-19/h3-6,19H,1-2,7-13,16H2. The van der Waals surface area contributed by atoms with Gasteiger partial charge in [-0.05, 0) is 37.1 Å². The zero-order valence-electron chi connectivity index (χ0n) is 11.6. The number of aryl methyl sites for hydroxylation is 1. The van der Waals surface area contributed by atoms with Gasteiger partial charge < -0.3 is 15.7 Å². The van der Waals surface area contributed by atoms with Crippen LogP contribution < -0.4 is 5.73 Å². The Hall–Kier alpha value is -1.10. The van der Waals surface area contributed by atoms with E-state index in [4.69, 9.17) is 10.8 Å². The van der Waals surface area contributed by atoms with Gasteiger partial charge in [-0.15, -0.1) is 0 Å². The Balaban J connectivity index is 1.63. The maximum Gasteiger partial charge on any atom is 0.0558 e. The number of nitrogens with two attached hydrogens (primary N) is 1. The highest BCUT2D eigenvalue weighted by molar-refractivity contribution is 5.39. The summed E-state index contributed by atoms with van der Waals surface area (Å²) in [6, 6.07) is 8.19. The Morgan fingerprint density at radius 1 is 0.947 bits per heavy atom. The van der Waals surface area contributed by atoms with E-state index in [-0.39, 0.29) is 6.61 Å². The molecule has 1 aliphatic heterocycles. The molecule has 106 valence electrons. The summed E-state index contributed by atoms with van der Waals surface area (Å²) in [5.74, 6) is 0. The third kappa shape index (κ3) is 4.82. The smallest absolute Gasteiger partial charge is 0.0558 e. The summed E-state index contributed by atoms with van der Waals surface area (Å²) < 4.78 is 0. The highest BCUT2D eigenvalue weighted by Crippen LogP contribution is 2.09. The monoisotopic (exact) mass is 263 g/mol. The molecule has 1 aromatic carbocycles. The van der Waals surface area contributed by atoms with Crippen LogP contribution in [-0.4, -0.2) is 60.8 Å². The molecule has 1 saturated heterocycles. The van der Waals surface area contributed by atoms with Crippen molar-refractivity contribution in [3.63, 3.8) is 0 Å². The minimum Gasteiger partial charge on any atom is -0.399 e. The number of aliphatic hydroxyl groups excluding tert-OH is 1. The van der Waals surface area contributed by atoms with E-state index in [2.05, 4.69) is 21.9 Å². The van der Waals surface area contributed by atoms with Crippen LogP contribution in [0.3, 0.4) is 0 Å². The van der Waals surface area contributed by atoms with E-state index in [1.54, 1.807) is 0 Å². The van der Waals surface area contributed by atoms with Crippen molar-refractivity contribution in [2.45, 2.75) is 12.8 Å². The van der Waals surface area contributed by atoms with Gasteiger partial charge in [0.25, 0.3) is 0 Å². The fourth-order valence-electron chi connectivity index (χ4n) is 2.57. The van der Waals surface area contributed by atoms with Gasteiger partial charge in [0.15, 0.2) is 0 Å². The largest absolute Gasteiger partial charge is 0.399 e. The highest BCUT2D eigenvalue weighted by atomic mass is 16.3. The molecule has 19 heavy (non-hydrogen) atoms. The van der Waals surface area contributed by atoms with Crippen molar-refractivity contribution in [3.8, 4) is 0 Å². The van der Waals surface area contributed by atoms with Crippen molar-refractivity contribution < 1.29 is 5.11 Å². The Labute approximate surface area is 115 Å². The Morgan fingerprint density at radius 2 is 1.53 bits per heavy atom. The predicted molar refractivity (Wildman–Crippen MR) is 79.1 cm³/mol.